The summed E-state index contributed by atoms with van der Waals surface area (Å²) in [6, 6.07) is 78.7. The molecule has 0 aliphatic rings. The Labute approximate surface area is 357 Å². The fraction of sp³-hybridized carbons (Fsp3) is 0. The summed E-state index contributed by atoms with van der Waals surface area (Å²) in [5, 5.41) is 10.1. The van der Waals surface area contributed by atoms with E-state index in [9.17, 15) is 0 Å². The fourth-order valence-electron chi connectivity index (χ4n) is 9.02. The van der Waals surface area contributed by atoms with Crippen LogP contribution < -0.4 is 0 Å². The molecule has 0 aliphatic heterocycles. The van der Waals surface area contributed by atoms with Crippen LogP contribution in [0.4, 0.5) is 0 Å². The number of fused-ring (bicyclic) bond motifs is 7. The zero-order valence-corrected chi connectivity index (χ0v) is 33.9. The summed E-state index contributed by atoms with van der Waals surface area (Å²) in [6.45, 7) is 0. The van der Waals surface area contributed by atoms with Gasteiger partial charge in [-0.15, -0.1) is 11.3 Å². The molecule has 284 valence electrons. The van der Waals surface area contributed by atoms with Crippen LogP contribution in [0.1, 0.15) is 0 Å². The van der Waals surface area contributed by atoms with Gasteiger partial charge in [-0.1, -0.05) is 188 Å². The van der Waals surface area contributed by atoms with Crippen LogP contribution >= 0.6 is 11.3 Å². The van der Waals surface area contributed by atoms with E-state index in [4.69, 9.17) is 9.97 Å². The van der Waals surface area contributed by atoms with Gasteiger partial charge in [-0.3, -0.25) is 0 Å². The summed E-state index contributed by atoms with van der Waals surface area (Å²) in [5.41, 5.74) is 11.9. The molecule has 2 nitrogen and oxygen atoms in total. The van der Waals surface area contributed by atoms with Gasteiger partial charge >= 0.3 is 0 Å². The smallest absolute Gasteiger partial charge is 0.160 e. The van der Waals surface area contributed by atoms with Crippen LogP contribution in [0.5, 0.6) is 0 Å². The predicted molar refractivity (Wildman–Crippen MR) is 260 cm³/mol. The molecule has 3 heteroatoms. The van der Waals surface area contributed by atoms with E-state index in [1.54, 1.807) is 0 Å². The van der Waals surface area contributed by atoms with Gasteiger partial charge in [0.2, 0.25) is 0 Å². The highest BCUT2D eigenvalue weighted by Gasteiger charge is 2.16. The lowest BCUT2D eigenvalue weighted by Crippen LogP contribution is -1.96. The zero-order valence-electron chi connectivity index (χ0n) is 33.1. The van der Waals surface area contributed by atoms with E-state index in [1.165, 1.54) is 74.7 Å². The van der Waals surface area contributed by atoms with Gasteiger partial charge < -0.3 is 0 Å². The lowest BCUT2D eigenvalue weighted by atomic mass is 9.89. The number of hydrogen-bond acceptors (Lipinski definition) is 3. The van der Waals surface area contributed by atoms with E-state index in [2.05, 4.69) is 218 Å². The molecule has 61 heavy (non-hydrogen) atoms. The minimum absolute atomic E-state index is 0.692. The van der Waals surface area contributed by atoms with E-state index in [-0.39, 0.29) is 0 Å². The van der Waals surface area contributed by atoms with Crippen molar-refractivity contribution in [1.82, 2.24) is 9.97 Å². The SMILES string of the molecule is c1ccc(-c2ccc(-c3cc(-c4cccc(-c5ccc6c(c5)sc5ccccc56)c4)nc(-c4ccc(-c5c6ccccc6cc6c5ccc5ccccc56)cc4)n3)cc2)cc1. The molecule has 10 aromatic carbocycles. The van der Waals surface area contributed by atoms with Crippen LogP contribution in [-0.4, -0.2) is 9.97 Å². The molecule has 0 unspecified atom stereocenters. The molecule has 2 heterocycles. The summed E-state index contributed by atoms with van der Waals surface area (Å²) >= 11 is 1.85. The number of hydrogen-bond donors (Lipinski definition) is 0. The summed E-state index contributed by atoms with van der Waals surface area (Å²) in [4.78, 5) is 10.6. The Kier molecular flexibility index (Phi) is 8.39. The maximum Gasteiger partial charge on any atom is 0.160 e. The Balaban J connectivity index is 0.978. The third-order valence-electron chi connectivity index (χ3n) is 12.1. The molecular formula is C58H36N2S. The molecule has 0 bridgehead atoms. The topological polar surface area (TPSA) is 25.8 Å². The fourth-order valence-corrected chi connectivity index (χ4v) is 10.2. The highest BCUT2D eigenvalue weighted by atomic mass is 32.1. The van der Waals surface area contributed by atoms with Crippen LogP contribution in [0, 0.1) is 0 Å². The lowest BCUT2D eigenvalue weighted by Gasteiger charge is -2.15. The van der Waals surface area contributed by atoms with Crippen LogP contribution in [0.15, 0.2) is 218 Å². The molecule has 0 spiro atoms. The van der Waals surface area contributed by atoms with Crippen molar-refractivity contribution in [2.75, 3.05) is 0 Å². The molecular weight excluding hydrogens is 757 g/mol. The molecule has 0 atom stereocenters. The van der Waals surface area contributed by atoms with Gasteiger partial charge in [0.05, 0.1) is 11.4 Å². The van der Waals surface area contributed by atoms with E-state index in [0.29, 0.717) is 5.82 Å². The maximum atomic E-state index is 5.31. The van der Waals surface area contributed by atoms with Gasteiger partial charge in [0.25, 0.3) is 0 Å². The van der Waals surface area contributed by atoms with Crippen molar-refractivity contribution < 1.29 is 0 Å². The van der Waals surface area contributed by atoms with Gasteiger partial charge in [-0.25, -0.2) is 9.97 Å². The first-order valence-electron chi connectivity index (χ1n) is 20.7. The summed E-state index contributed by atoms with van der Waals surface area (Å²) in [5.74, 6) is 0.692. The van der Waals surface area contributed by atoms with Crippen LogP contribution in [0.25, 0.3) is 120 Å². The summed E-state index contributed by atoms with van der Waals surface area (Å²) in [7, 11) is 0. The first kappa shape index (κ1) is 35.2. The molecule has 0 amide bonds. The lowest BCUT2D eigenvalue weighted by molar-refractivity contribution is 1.18. The van der Waals surface area contributed by atoms with Crippen molar-refractivity contribution in [2.45, 2.75) is 0 Å². The van der Waals surface area contributed by atoms with Crippen LogP contribution in [0.2, 0.25) is 0 Å². The molecule has 0 saturated carbocycles. The van der Waals surface area contributed by atoms with Gasteiger partial charge in [0.15, 0.2) is 5.82 Å². The average molecular weight is 793 g/mol. The predicted octanol–water partition coefficient (Wildman–Crippen LogP) is 16.3. The standard InChI is InChI=1S/C58H36N2S/c1-2-11-37(12-3-1)38-21-23-40(24-22-38)53-36-54(46-16-10-15-43(33-46)44-30-31-50-49-19-8-9-20-55(49)61-56(50)35-44)60-58(59-53)42-27-25-41(26-28-42)57-48-18-7-5-14-45(48)34-52-47-17-6-4-13-39(47)29-32-51(52)57/h1-36H. The Morgan fingerprint density at radius 3 is 1.66 bits per heavy atom. The highest BCUT2D eigenvalue weighted by Crippen LogP contribution is 2.41. The first-order valence-corrected chi connectivity index (χ1v) is 21.5. The molecule has 0 radical (unpaired) electrons. The van der Waals surface area contributed by atoms with E-state index in [0.717, 1.165) is 39.2 Å². The third-order valence-corrected chi connectivity index (χ3v) is 13.2. The zero-order chi connectivity index (χ0) is 40.3. The second-order valence-electron chi connectivity index (χ2n) is 15.7. The van der Waals surface area contributed by atoms with Gasteiger partial charge in [0.1, 0.15) is 0 Å². The highest BCUT2D eigenvalue weighted by molar-refractivity contribution is 7.25. The number of aromatic nitrogens is 2. The van der Waals surface area contributed by atoms with E-state index < -0.39 is 0 Å². The molecule has 0 fully saturated rings. The van der Waals surface area contributed by atoms with Gasteiger partial charge in [0, 0.05) is 36.9 Å². The molecule has 0 aliphatic carbocycles. The van der Waals surface area contributed by atoms with Crippen molar-refractivity contribution >= 4 is 63.8 Å². The Morgan fingerprint density at radius 2 is 0.820 bits per heavy atom. The maximum absolute atomic E-state index is 5.31. The number of rotatable bonds is 6. The van der Waals surface area contributed by atoms with Crippen LogP contribution in [-0.2, 0) is 0 Å². The minimum Gasteiger partial charge on any atom is -0.228 e. The molecule has 0 N–H and O–H groups in total. The van der Waals surface area contributed by atoms with Crippen molar-refractivity contribution in [3.63, 3.8) is 0 Å². The second-order valence-corrected chi connectivity index (χ2v) is 16.8. The Bertz CT molecular complexity index is 3620. The first-order chi connectivity index (χ1) is 30.2. The Morgan fingerprint density at radius 1 is 0.262 bits per heavy atom. The summed E-state index contributed by atoms with van der Waals surface area (Å²) < 4.78 is 2.61. The largest absolute Gasteiger partial charge is 0.228 e. The second kappa shape index (κ2) is 14.5. The Hall–Kier alpha value is -7.72. The molecule has 12 rings (SSSR count). The third kappa shape index (κ3) is 6.26. The molecule has 0 saturated heterocycles. The van der Waals surface area contributed by atoms with Gasteiger partial charge in [-0.05, 0) is 96.0 Å². The minimum atomic E-state index is 0.692. The quantitative estimate of drug-likeness (QED) is 0.124. The molecule has 12 aromatic rings. The van der Waals surface area contributed by atoms with Crippen molar-refractivity contribution in [3.05, 3.63) is 218 Å². The van der Waals surface area contributed by atoms with Crippen molar-refractivity contribution in [2.24, 2.45) is 0 Å². The summed E-state index contributed by atoms with van der Waals surface area (Å²) in [6.07, 6.45) is 0. The van der Waals surface area contributed by atoms with Crippen molar-refractivity contribution in [3.8, 4) is 67.3 Å². The van der Waals surface area contributed by atoms with Crippen LogP contribution in [0.3, 0.4) is 0 Å². The van der Waals surface area contributed by atoms with E-state index in [1.807, 2.05) is 11.3 Å². The normalized spacial score (nSPS) is 11.6. The number of thiophene rings is 1. The average Bonchev–Trinajstić information content (AvgIpc) is 3.71. The van der Waals surface area contributed by atoms with Gasteiger partial charge in [-0.2, -0.15) is 0 Å². The van der Waals surface area contributed by atoms with Crippen molar-refractivity contribution in [1.29, 1.82) is 0 Å². The van der Waals surface area contributed by atoms with E-state index >= 15 is 0 Å². The number of benzene rings is 10. The number of nitrogens with zero attached hydrogens (tertiary/aromatic N) is 2. The molecule has 2 aromatic heterocycles. The monoisotopic (exact) mass is 792 g/mol.